The average molecular weight is 377 g/mol. The molecule has 0 spiro atoms. The van der Waals surface area contributed by atoms with E-state index in [9.17, 15) is 4.79 Å². The predicted molar refractivity (Wildman–Crippen MR) is 110 cm³/mol. The molecule has 4 aromatic rings. The fourth-order valence-electron chi connectivity index (χ4n) is 2.97. The summed E-state index contributed by atoms with van der Waals surface area (Å²) in [6.07, 6.45) is 3.54. The monoisotopic (exact) mass is 376 g/mol. The SMILES string of the molecule is O=C(CNc1cc(Cl)ccc1-n1cccn1)Nc1cccc2ccccc12. The minimum absolute atomic E-state index is 0.109. The molecule has 5 nitrogen and oxygen atoms in total. The van der Waals surface area contributed by atoms with Crippen LogP contribution in [0.2, 0.25) is 5.02 Å². The molecule has 0 unspecified atom stereocenters. The van der Waals surface area contributed by atoms with Crippen LogP contribution in [0, 0.1) is 0 Å². The van der Waals surface area contributed by atoms with Gasteiger partial charge in [-0.2, -0.15) is 5.10 Å². The van der Waals surface area contributed by atoms with E-state index in [0.717, 1.165) is 27.8 Å². The van der Waals surface area contributed by atoms with Crippen molar-refractivity contribution >= 4 is 39.7 Å². The molecule has 1 amide bonds. The molecule has 27 heavy (non-hydrogen) atoms. The Kier molecular flexibility index (Phi) is 4.77. The normalized spacial score (nSPS) is 10.7. The van der Waals surface area contributed by atoms with Gasteiger partial charge in [0.2, 0.25) is 5.91 Å². The summed E-state index contributed by atoms with van der Waals surface area (Å²) in [6.45, 7) is 0.109. The second kappa shape index (κ2) is 7.51. The number of nitrogens with one attached hydrogen (secondary N) is 2. The van der Waals surface area contributed by atoms with E-state index in [1.165, 1.54) is 0 Å². The van der Waals surface area contributed by atoms with E-state index in [1.807, 2.05) is 60.8 Å². The molecule has 2 N–H and O–H groups in total. The molecule has 0 aliphatic rings. The first-order valence-electron chi connectivity index (χ1n) is 8.52. The molecule has 3 aromatic carbocycles. The van der Waals surface area contributed by atoms with Crippen LogP contribution < -0.4 is 10.6 Å². The van der Waals surface area contributed by atoms with E-state index in [4.69, 9.17) is 11.6 Å². The molecule has 0 saturated carbocycles. The number of aromatic nitrogens is 2. The van der Waals surface area contributed by atoms with Crippen LogP contribution in [0.3, 0.4) is 0 Å². The van der Waals surface area contributed by atoms with Gasteiger partial charge in [-0.1, -0.05) is 48.0 Å². The van der Waals surface area contributed by atoms with Crippen LogP contribution in [0.4, 0.5) is 11.4 Å². The van der Waals surface area contributed by atoms with Gasteiger partial charge >= 0.3 is 0 Å². The summed E-state index contributed by atoms with van der Waals surface area (Å²) < 4.78 is 1.72. The Morgan fingerprint density at radius 1 is 1.00 bits per heavy atom. The Morgan fingerprint density at radius 2 is 1.85 bits per heavy atom. The van der Waals surface area contributed by atoms with Crippen LogP contribution in [0.25, 0.3) is 16.5 Å². The lowest BCUT2D eigenvalue weighted by Gasteiger charge is -2.13. The van der Waals surface area contributed by atoms with E-state index in [-0.39, 0.29) is 12.5 Å². The molecule has 0 bridgehead atoms. The first-order valence-corrected chi connectivity index (χ1v) is 8.89. The molecular weight excluding hydrogens is 360 g/mol. The zero-order valence-corrected chi connectivity index (χ0v) is 15.1. The first kappa shape index (κ1) is 17.1. The van der Waals surface area contributed by atoms with Crippen LogP contribution >= 0.6 is 11.6 Å². The zero-order chi connectivity index (χ0) is 18.6. The van der Waals surface area contributed by atoms with Crippen LogP contribution in [0.5, 0.6) is 0 Å². The highest BCUT2D eigenvalue weighted by molar-refractivity contribution is 6.31. The maximum Gasteiger partial charge on any atom is 0.243 e. The molecule has 0 aliphatic carbocycles. The summed E-state index contributed by atoms with van der Waals surface area (Å²) in [4.78, 5) is 12.5. The number of hydrogen-bond acceptors (Lipinski definition) is 3. The Balaban J connectivity index is 1.51. The average Bonchev–Trinajstić information content (AvgIpc) is 3.21. The lowest BCUT2D eigenvalue weighted by Crippen LogP contribution is -2.22. The maximum atomic E-state index is 12.5. The summed E-state index contributed by atoms with van der Waals surface area (Å²) in [5, 5.41) is 13.0. The van der Waals surface area contributed by atoms with Gasteiger partial charge < -0.3 is 10.6 Å². The first-order chi connectivity index (χ1) is 13.2. The number of nitrogens with zero attached hydrogens (tertiary/aromatic N) is 2. The van der Waals surface area contributed by atoms with Crippen LogP contribution in [0.1, 0.15) is 0 Å². The number of fused-ring (bicyclic) bond motifs is 1. The van der Waals surface area contributed by atoms with Crippen LogP contribution in [0.15, 0.2) is 79.1 Å². The Bertz CT molecular complexity index is 1090. The quantitative estimate of drug-likeness (QED) is 0.529. The minimum atomic E-state index is -0.141. The Labute approximate surface area is 161 Å². The standard InChI is InChI=1S/C21H17ClN4O/c22-16-9-10-20(26-12-4-11-24-26)19(13-16)23-14-21(27)25-18-8-3-6-15-5-1-2-7-17(15)18/h1-13,23H,14H2,(H,25,27). The third kappa shape index (κ3) is 3.78. The Hall–Kier alpha value is -3.31. The second-order valence-corrected chi connectivity index (χ2v) is 6.48. The van der Waals surface area contributed by atoms with Crippen molar-refractivity contribution in [3.05, 3.63) is 84.1 Å². The third-order valence-electron chi connectivity index (χ3n) is 4.21. The zero-order valence-electron chi connectivity index (χ0n) is 14.4. The number of anilines is 2. The van der Waals surface area contributed by atoms with Gasteiger partial charge in [-0.25, -0.2) is 4.68 Å². The number of hydrogen-bond donors (Lipinski definition) is 2. The van der Waals surface area contributed by atoms with Crippen molar-refractivity contribution in [2.45, 2.75) is 0 Å². The molecule has 1 heterocycles. The number of rotatable bonds is 5. The molecule has 0 radical (unpaired) electrons. The van der Waals surface area contributed by atoms with Gasteiger partial charge in [-0.05, 0) is 35.7 Å². The molecule has 6 heteroatoms. The van der Waals surface area contributed by atoms with Crippen molar-refractivity contribution in [3.8, 4) is 5.69 Å². The number of carbonyl (C=O) groups is 1. The molecule has 0 aliphatic heterocycles. The maximum absolute atomic E-state index is 12.5. The van der Waals surface area contributed by atoms with Crippen molar-refractivity contribution in [2.75, 3.05) is 17.2 Å². The lowest BCUT2D eigenvalue weighted by atomic mass is 10.1. The number of halogens is 1. The van der Waals surface area contributed by atoms with Crippen molar-refractivity contribution in [3.63, 3.8) is 0 Å². The fraction of sp³-hybridized carbons (Fsp3) is 0.0476. The van der Waals surface area contributed by atoms with Gasteiger partial charge in [0.25, 0.3) is 0 Å². The van der Waals surface area contributed by atoms with Gasteiger partial charge in [0.1, 0.15) is 0 Å². The molecule has 0 saturated heterocycles. The van der Waals surface area contributed by atoms with Gasteiger partial charge in [-0.15, -0.1) is 0 Å². The second-order valence-electron chi connectivity index (χ2n) is 6.04. The number of benzene rings is 3. The topological polar surface area (TPSA) is 59.0 Å². The lowest BCUT2D eigenvalue weighted by molar-refractivity contribution is -0.114. The fourth-order valence-corrected chi connectivity index (χ4v) is 3.14. The van der Waals surface area contributed by atoms with Crippen molar-refractivity contribution < 1.29 is 4.79 Å². The van der Waals surface area contributed by atoms with Crippen molar-refractivity contribution in [1.82, 2.24) is 9.78 Å². The Morgan fingerprint density at radius 3 is 2.70 bits per heavy atom. The van der Waals surface area contributed by atoms with Gasteiger partial charge in [-0.3, -0.25) is 4.79 Å². The minimum Gasteiger partial charge on any atom is -0.374 e. The number of carbonyl (C=O) groups excluding carboxylic acids is 1. The van der Waals surface area contributed by atoms with E-state index < -0.39 is 0 Å². The highest BCUT2D eigenvalue weighted by atomic mass is 35.5. The summed E-state index contributed by atoms with van der Waals surface area (Å²) >= 11 is 6.12. The third-order valence-corrected chi connectivity index (χ3v) is 4.45. The molecule has 0 atom stereocenters. The summed E-state index contributed by atoms with van der Waals surface area (Å²) in [5.74, 6) is -0.141. The predicted octanol–water partition coefficient (Wildman–Crippen LogP) is 4.73. The van der Waals surface area contributed by atoms with E-state index >= 15 is 0 Å². The highest BCUT2D eigenvalue weighted by Gasteiger charge is 2.09. The summed E-state index contributed by atoms with van der Waals surface area (Å²) in [5.41, 5.74) is 2.35. The van der Waals surface area contributed by atoms with Gasteiger partial charge in [0, 0.05) is 28.5 Å². The molecule has 134 valence electrons. The molecule has 0 fully saturated rings. The summed E-state index contributed by atoms with van der Waals surface area (Å²) in [6, 6.07) is 21.1. The van der Waals surface area contributed by atoms with Crippen LogP contribution in [-0.2, 0) is 4.79 Å². The smallest absolute Gasteiger partial charge is 0.243 e. The van der Waals surface area contributed by atoms with Crippen molar-refractivity contribution in [1.29, 1.82) is 0 Å². The highest BCUT2D eigenvalue weighted by Crippen LogP contribution is 2.25. The molecule has 1 aromatic heterocycles. The number of amides is 1. The van der Waals surface area contributed by atoms with Gasteiger partial charge in [0.15, 0.2) is 0 Å². The largest absolute Gasteiger partial charge is 0.374 e. The van der Waals surface area contributed by atoms with Crippen LogP contribution in [-0.4, -0.2) is 22.2 Å². The van der Waals surface area contributed by atoms with E-state index in [0.29, 0.717) is 5.02 Å². The summed E-state index contributed by atoms with van der Waals surface area (Å²) in [7, 11) is 0. The van der Waals surface area contributed by atoms with Crippen molar-refractivity contribution in [2.24, 2.45) is 0 Å². The van der Waals surface area contributed by atoms with E-state index in [1.54, 1.807) is 23.0 Å². The molecular formula is C21H17ClN4O. The molecule has 4 rings (SSSR count). The van der Waals surface area contributed by atoms with Gasteiger partial charge in [0.05, 0.1) is 17.9 Å². The van der Waals surface area contributed by atoms with E-state index in [2.05, 4.69) is 15.7 Å².